The first-order valence-electron chi connectivity index (χ1n) is 13.3. The second kappa shape index (κ2) is 11.6. The fourth-order valence-electron chi connectivity index (χ4n) is 4.67. The zero-order chi connectivity index (χ0) is 27.4. The molecule has 0 aliphatic carbocycles. The van der Waals surface area contributed by atoms with Crippen LogP contribution in [0, 0.1) is 6.92 Å². The molecule has 4 rings (SSSR count). The molecule has 2 heterocycles. The summed E-state index contributed by atoms with van der Waals surface area (Å²) in [6, 6.07) is 17.4. The Morgan fingerprint density at radius 3 is 2.39 bits per heavy atom. The van der Waals surface area contributed by atoms with Gasteiger partial charge in [0, 0.05) is 22.6 Å². The van der Waals surface area contributed by atoms with Gasteiger partial charge in [0.2, 0.25) is 5.91 Å². The molecule has 0 fully saturated rings. The number of thiophene rings is 1. The van der Waals surface area contributed by atoms with Crippen LogP contribution in [0.2, 0.25) is 0 Å². The molecule has 1 atom stereocenters. The van der Waals surface area contributed by atoms with Gasteiger partial charge in [0.05, 0.1) is 6.04 Å². The predicted molar refractivity (Wildman–Crippen MR) is 155 cm³/mol. The third kappa shape index (κ3) is 6.57. The summed E-state index contributed by atoms with van der Waals surface area (Å²) in [5.74, 6) is 1.16. The van der Waals surface area contributed by atoms with Gasteiger partial charge in [0.1, 0.15) is 18.9 Å². The molecule has 0 saturated carbocycles. The van der Waals surface area contributed by atoms with Gasteiger partial charge in [-0.15, -0.1) is 11.3 Å². The number of ether oxygens (including phenoxy) is 1. The zero-order valence-corrected chi connectivity index (χ0v) is 24.1. The smallest absolute Gasteiger partial charge is 0.322 e. The van der Waals surface area contributed by atoms with Crippen molar-refractivity contribution in [3.63, 3.8) is 0 Å². The Hall–Kier alpha value is -3.32. The molecule has 1 aliphatic rings. The van der Waals surface area contributed by atoms with Crippen molar-refractivity contribution >= 4 is 29.0 Å². The molecule has 0 bridgehead atoms. The van der Waals surface area contributed by atoms with Crippen LogP contribution in [0.3, 0.4) is 0 Å². The average Bonchev–Trinajstić information content (AvgIpc) is 3.35. The molecule has 38 heavy (non-hydrogen) atoms. The van der Waals surface area contributed by atoms with Crippen molar-refractivity contribution in [1.82, 2.24) is 9.80 Å². The van der Waals surface area contributed by atoms with Gasteiger partial charge in [-0.25, -0.2) is 4.79 Å². The normalized spacial score (nSPS) is 15.2. The number of benzene rings is 2. The highest BCUT2D eigenvalue weighted by atomic mass is 32.1. The minimum absolute atomic E-state index is 0.0136. The lowest BCUT2D eigenvalue weighted by Gasteiger charge is -2.40. The Labute approximate surface area is 230 Å². The third-order valence-corrected chi connectivity index (χ3v) is 8.02. The van der Waals surface area contributed by atoms with E-state index in [0.29, 0.717) is 24.8 Å². The van der Waals surface area contributed by atoms with Crippen molar-refractivity contribution < 1.29 is 14.3 Å². The molecule has 3 aromatic rings. The lowest BCUT2D eigenvalue weighted by molar-refractivity contribution is -0.136. The van der Waals surface area contributed by atoms with Crippen LogP contribution in [0.4, 0.5) is 10.5 Å². The molecule has 6 nitrogen and oxygen atoms in total. The summed E-state index contributed by atoms with van der Waals surface area (Å²) in [6.07, 6.45) is 0.809. The number of nitrogens with zero attached hydrogens (tertiary/aromatic N) is 2. The highest BCUT2D eigenvalue weighted by Gasteiger charge is 2.36. The average molecular weight is 534 g/mol. The van der Waals surface area contributed by atoms with E-state index in [1.165, 1.54) is 10.4 Å². The SMILES string of the molecule is Cc1ccc(NC(=O)N(CC(=O)N2CCc3sccc3C2COc2ccc(C(C)C)cc2)C(C)(C)C)cc1. The monoisotopic (exact) mass is 533 g/mol. The number of anilines is 1. The van der Waals surface area contributed by atoms with Crippen molar-refractivity contribution in [3.05, 3.63) is 81.5 Å². The molecule has 1 aliphatic heterocycles. The maximum atomic E-state index is 13.8. The maximum absolute atomic E-state index is 13.8. The van der Waals surface area contributed by atoms with Gasteiger partial charge in [-0.05, 0) is 86.9 Å². The summed E-state index contributed by atoms with van der Waals surface area (Å²) in [4.78, 5) is 31.9. The fourth-order valence-corrected chi connectivity index (χ4v) is 5.59. The lowest BCUT2D eigenvalue weighted by Crippen LogP contribution is -2.54. The van der Waals surface area contributed by atoms with Crippen LogP contribution < -0.4 is 10.1 Å². The fraction of sp³-hybridized carbons (Fsp3) is 0.419. The van der Waals surface area contributed by atoms with Crippen molar-refractivity contribution in [3.8, 4) is 5.75 Å². The van der Waals surface area contributed by atoms with Gasteiger partial charge in [-0.2, -0.15) is 0 Å². The molecule has 0 saturated heterocycles. The molecule has 0 spiro atoms. The van der Waals surface area contributed by atoms with Crippen LogP contribution in [0.25, 0.3) is 0 Å². The first kappa shape index (κ1) is 27.7. The number of urea groups is 1. The first-order valence-corrected chi connectivity index (χ1v) is 14.1. The number of nitrogens with one attached hydrogen (secondary N) is 1. The summed E-state index contributed by atoms with van der Waals surface area (Å²) in [6.45, 7) is 13.1. The standard InChI is InChI=1S/C31H39N3O3S/c1-21(2)23-9-13-25(14-10-23)37-20-27-26-16-18-38-28(26)15-17-33(27)29(35)19-34(31(4,5)6)30(36)32-24-11-7-22(3)8-12-24/h7-14,16,18,21,27H,15,17,19-20H2,1-6H3,(H,32,36). The Kier molecular flexibility index (Phi) is 8.46. The summed E-state index contributed by atoms with van der Waals surface area (Å²) >= 11 is 1.73. The topological polar surface area (TPSA) is 61.9 Å². The predicted octanol–water partition coefficient (Wildman–Crippen LogP) is 7.02. The molecule has 1 aromatic heterocycles. The minimum atomic E-state index is -0.544. The van der Waals surface area contributed by atoms with Crippen LogP contribution in [-0.2, 0) is 11.2 Å². The number of carbonyl (C=O) groups excluding carboxylic acids is 2. The van der Waals surface area contributed by atoms with Gasteiger partial charge in [0.25, 0.3) is 0 Å². The van der Waals surface area contributed by atoms with E-state index in [1.54, 1.807) is 16.2 Å². The van der Waals surface area contributed by atoms with Crippen LogP contribution in [-0.4, -0.2) is 47.0 Å². The summed E-state index contributed by atoms with van der Waals surface area (Å²) in [5, 5.41) is 5.04. The van der Waals surface area contributed by atoms with Gasteiger partial charge in [0.15, 0.2) is 0 Å². The number of rotatable bonds is 7. The van der Waals surface area contributed by atoms with Gasteiger partial charge >= 0.3 is 6.03 Å². The van der Waals surface area contributed by atoms with E-state index in [2.05, 4.69) is 42.7 Å². The van der Waals surface area contributed by atoms with E-state index in [1.807, 2.05) is 69.0 Å². The van der Waals surface area contributed by atoms with E-state index in [4.69, 9.17) is 4.74 Å². The van der Waals surface area contributed by atoms with E-state index >= 15 is 0 Å². The van der Waals surface area contributed by atoms with Gasteiger partial charge < -0.3 is 19.9 Å². The molecular formula is C31H39N3O3S. The number of amides is 3. The second-order valence-corrected chi connectivity index (χ2v) is 12.2. The van der Waals surface area contributed by atoms with Gasteiger partial charge in [-0.3, -0.25) is 4.79 Å². The Morgan fingerprint density at radius 2 is 1.76 bits per heavy atom. The molecule has 3 amide bonds. The summed E-state index contributed by atoms with van der Waals surface area (Å²) in [5.41, 5.74) is 3.68. The zero-order valence-electron chi connectivity index (χ0n) is 23.3. The van der Waals surface area contributed by atoms with Crippen molar-refractivity contribution in [2.75, 3.05) is 25.0 Å². The third-order valence-electron chi connectivity index (χ3n) is 7.02. The Morgan fingerprint density at radius 1 is 1.08 bits per heavy atom. The Balaban J connectivity index is 1.50. The van der Waals surface area contributed by atoms with Crippen molar-refractivity contribution in [2.45, 2.75) is 65.5 Å². The van der Waals surface area contributed by atoms with Crippen LogP contribution in [0.15, 0.2) is 60.0 Å². The number of aryl methyl sites for hydroxylation is 1. The largest absolute Gasteiger partial charge is 0.491 e. The lowest BCUT2D eigenvalue weighted by atomic mass is 10.00. The van der Waals surface area contributed by atoms with E-state index in [0.717, 1.165) is 23.3 Å². The Bertz CT molecular complexity index is 1240. The summed E-state index contributed by atoms with van der Waals surface area (Å²) in [7, 11) is 0. The molecule has 1 N–H and O–H groups in total. The molecule has 2 aromatic carbocycles. The van der Waals surface area contributed by atoms with Crippen LogP contribution in [0.5, 0.6) is 5.75 Å². The summed E-state index contributed by atoms with van der Waals surface area (Å²) < 4.78 is 6.21. The number of hydrogen-bond acceptors (Lipinski definition) is 4. The van der Waals surface area contributed by atoms with E-state index in [-0.39, 0.29) is 24.5 Å². The quantitative estimate of drug-likeness (QED) is 0.355. The highest BCUT2D eigenvalue weighted by molar-refractivity contribution is 7.10. The van der Waals surface area contributed by atoms with Crippen molar-refractivity contribution in [1.29, 1.82) is 0 Å². The van der Waals surface area contributed by atoms with E-state index < -0.39 is 5.54 Å². The minimum Gasteiger partial charge on any atom is -0.491 e. The molecule has 7 heteroatoms. The number of hydrogen-bond donors (Lipinski definition) is 1. The van der Waals surface area contributed by atoms with Gasteiger partial charge in [-0.1, -0.05) is 43.7 Å². The number of fused-ring (bicyclic) bond motifs is 1. The first-order chi connectivity index (χ1) is 18.0. The van der Waals surface area contributed by atoms with Crippen LogP contribution in [0.1, 0.15) is 68.1 Å². The molecule has 1 unspecified atom stereocenters. The van der Waals surface area contributed by atoms with Crippen LogP contribution >= 0.6 is 11.3 Å². The van der Waals surface area contributed by atoms with Crippen molar-refractivity contribution in [2.24, 2.45) is 0 Å². The molecular weight excluding hydrogens is 494 g/mol. The maximum Gasteiger partial charge on any atom is 0.322 e. The second-order valence-electron chi connectivity index (χ2n) is 11.2. The molecule has 202 valence electrons. The highest BCUT2D eigenvalue weighted by Crippen LogP contribution is 2.34. The number of carbonyl (C=O) groups is 2. The molecule has 0 radical (unpaired) electrons. The van der Waals surface area contributed by atoms with E-state index in [9.17, 15) is 9.59 Å².